The first kappa shape index (κ1) is 67.0. The molecule has 0 aliphatic heterocycles. The predicted octanol–water partition coefficient (Wildman–Crippen LogP) is 26.8. The van der Waals surface area contributed by atoms with Crippen molar-refractivity contribution in [1.29, 1.82) is 0 Å². The summed E-state index contributed by atoms with van der Waals surface area (Å²) in [4.78, 5) is 9.23. The van der Waals surface area contributed by atoms with Crippen LogP contribution in [0.2, 0.25) is 0 Å². The number of unbranched alkanes of at least 4 members (excludes halogenated alkanes) is 32. The van der Waals surface area contributed by atoms with Gasteiger partial charge in [0.05, 0.1) is 0 Å². The minimum atomic E-state index is 1.17. The van der Waals surface area contributed by atoms with Crippen molar-refractivity contribution in [2.75, 3.05) is 34.5 Å². The Morgan fingerprint density at radius 1 is 0.240 bits per heavy atom. The maximum atomic E-state index is 3.93. The topological polar surface area (TPSA) is 0 Å². The molecule has 4 aromatic rings. The molecule has 0 amide bonds. The number of fused-ring (bicyclic) bond motifs is 6. The van der Waals surface area contributed by atoms with Crippen LogP contribution in [0.25, 0.3) is 32.3 Å². The van der Waals surface area contributed by atoms with Crippen molar-refractivity contribution in [3.8, 4) is 0 Å². The monoisotopic (exact) mass is 1130 g/mol. The summed E-state index contributed by atoms with van der Waals surface area (Å²) in [6, 6.07) is 16.2. The van der Waals surface area contributed by atoms with E-state index in [1.54, 1.807) is 0 Å². The molecule has 0 heterocycles. The Balaban J connectivity index is 1.85. The van der Waals surface area contributed by atoms with Gasteiger partial charge in [-0.3, -0.25) is 0 Å². The van der Waals surface area contributed by atoms with Crippen LogP contribution in [0, 0.1) is 0 Å². The highest BCUT2D eigenvalue weighted by molar-refractivity contribution is 8.03. The normalized spacial score (nSPS) is 11.9. The Kier molecular flexibility index (Phi) is 40.3. The zero-order valence-electron chi connectivity index (χ0n) is 49.3. The predicted molar refractivity (Wildman–Crippen MR) is 357 cm³/mol. The number of allylic oxidation sites excluding steroid dienone is 1. The summed E-state index contributed by atoms with van der Waals surface area (Å²) in [5.74, 6) is 7.33. The number of benzene rings is 4. The second-order valence-corrected chi connectivity index (χ2v) is 28.8. The molecule has 75 heavy (non-hydrogen) atoms. The molecule has 0 atom stereocenters. The first-order valence-corrected chi connectivity index (χ1v) is 37.9. The molecule has 0 aliphatic carbocycles. The Labute approximate surface area is 490 Å². The van der Waals surface area contributed by atoms with E-state index in [9.17, 15) is 0 Å². The van der Waals surface area contributed by atoms with Crippen LogP contribution in [-0.2, 0) is 0 Å². The van der Waals surface area contributed by atoms with Crippen LogP contribution < -0.4 is 0 Å². The van der Waals surface area contributed by atoms with Crippen molar-refractivity contribution in [3.63, 3.8) is 0 Å². The van der Waals surface area contributed by atoms with Gasteiger partial charge in [-0.15, -0.1) is 77.2 Å². The summed E-state index contributed by atoms with van der Waals surface area (Å²) in [7, 11) is 0. The summed E-state index contributed by atoms with van der Waals surface area (Å²) in [5, 5.41) is 8.98. The second kappa shape index (κ2) is 45.2. The fraction of sp³-hybridized carbons (Fsp3) is 0.710. The van der Waals surface area contributed by atoms with Gasteiger partial charge >= 0.3 is 0 Å². The van der Waals surface area contributed by atoms with Crippen molar-refractivity contribution in [2.24, 2.45) is 0 Å². The maximum absolute atomic E-state index is 3.93. The lowest BCUT2D eigenvalue weighted by atomic mass is 9.94. The molecule has 0 nitrogen and oxygen atoms in total. The van der Waals surface area contributed by atoms with Gasteiger partial charge in [-0.1, -0.05) is 233 Å². The van der Waals surface area contributed by atoms with Gasteiger partial charge in [-0.2, -0.15) is 0 Å². The fourth-order valence-electron chi connectivity index (χ4n) is 10.5. The molecule has 4 rings (SSSR count). The van der Waals surface area contributed by atoms with Crippen molar-refractivity contribution in [3.05, 3.63) is 49.1 Å². The largest absolute Gasteiger partial charge is 0.125 e. The lowest BCUT2D eigenvalue weighted by Crippen LogP contribution is -1.94. The molecule has 0 radical (unpaired) electrons. The summed E-state index contributed by atoms with van der Waals surface area (Å²) >= 11 is 13.0. The highest BCUT2D eigenvalue weighted by atomic mass is 32.2. The molecule has 0 N–H and O–H groups in total. The van der Waals surface area contributed by atoms with Gasteiger partial charge in [0.1, 0.15) is 0 Å². The lowest BCUT2D eigenvalue weighted by molar-refractivity contribution is 0.593. The van der Waals surface area contributed by atoms with Gasteiger partial charge in [0.25, 0.3) is 0 Å². The maximum Gasteiger partial charge on any atom is 0.0215 e. The Morgan fingerprint density at radius 3 is 0.573 bits per heavy atom. The molecular weight excluding hydrogens is 1020 g/mol. The SMILES string of the molecule is C=CCCCCCCCCCSc1cc2c3cc(SCCCCCCCC)c(SCCCCCCCC)cc3c3cc(SCCCCCCCC)c(SCCCCCCCC)cc3c2cc1SCCCCCCCC. The third kappa shape index (κ3) is 27.7. The molecule has 0 saturated heterocycles. The number of rotatable bonds is 51. The quantitative estimate of drug-likeness (QED) is 0.0186. The second-order valence-electron chi connectivity index (χ2n) is 22.0. The summed E-state index contributed by atoms with van der Waals surface area (Å²) in [5.41, 5.74) is 0. The molecule has 0 bridgehead atoms. The molecule has 424 valence electrons. The fourth-order valence-corrected chi connectivity index (χ4v) is 17.4. The van der Waals surface area contributed by atoms with Crippen LogP contribution >= 0.6 is 70.6 Å². The van der Waals surface area contributed by atoms with Crippen LogP contribution in [0.3, 0.4) is 0 Å². The van der Waals surface area contributed by atoms with Crippen LogP contribution in [0.4, 0.5) is 0 Å². The van der Waals surface area contributed by atoms with E-state index in [1.807, 2.05) is 0 Å². The third-order valence-electron chi connectivity index (χ3n) is 15.2. The number of thioether (sulfide) groups is 6. The van der Waals surface area contributed by atoms with Gasteiger partial charge in [0, 0.05) is 29.4 Å². The van der Waals surface area contributed by atoms with Gasteiger partial charge in [-0.25, -0.2) is 0 Å². The molecule has 0 unspecified atom stereocenters. The van der Waals surface area contributed by atoms with Gasteiger partial charge in [-0.05, 0) is 155 Å². The highest BCUT2D eigenvalue weighted by Gasteiger charge is 2.19. The summed E-state index contributed by atoms with van der Waals surface area (Å²) < 4.78 is 0. The molecule has 0 aliphatic rings. The van der Waals surface area contributed by atoms with E-state index in [0.717, 1.165) is 0 Å². The van der Waals surface area contributed by atoms with E-state index < -0.39 is 0 Å². The van der Waals surface area contributed by atoms with Gasteiger partial charge in [0.15, 0.2) is 0 Å². The zero-order valence-corrected chi connectivity index (χ0v) is 54.2. The molecule has 4 aromatic carbocycles. The van der Waals surface area contributed by atoms with Crippen LogP contribution in [0.5, 0.6) is 0 Å². The van der Waals surface area contributed by atoms with Crippen LogP contribution in [0.1, 0.15) is 279 Å². The van der Waals surface area contributed by atoms with Gasteiger partial charge in [0.2, 0.25) is 0 Å². The van der Waals surface area contributed by atoms with Crippen molar-refractivity contribution < 1.29 is 0 Å². The molecule has 0 fully saturated rings. The Bertz CT molecular complexity index is 2000. The molecule has 6 heteroatoms. The smallest absolute Gasteiger partial charge is 0.0215 e. The lowest BCUT2D eigenvalue weighted by Gasteiger charge is -2.20. The average Bonchev–Trinajstić information content (AvgIpc) is 3.44. The van der Waals surface area contributed by atoms with E-state index in [-0.39, 0.29) is 0 Å². The standard InChI is InChI=1S/C69H112S6/c1-7-13-19-25-31-32-33-39-45-51-75-69-57-63-61-55-67(73-49-43-37-29-23-17-11-5)65(71-47-41-35-27-21-15-9-3)53-59(61)58-52-64(70-46-40-34-26-20-14-8-2)66(72-48-42-36-28-22-16-10-4)54-60(58)62(63)56-68(69)74-50-44-38-30-24-18-12-6/h7,52-57H,1,8-51H2,2-6H3. The van der Waals surface area contributed by atoms with Crippen molar-refractivity contribution in [1.82, 2.24) is 0 Å². The van der Waals surface area contributed by atoms with E-state index in [1.165, 1.54) is 340 Å². The molecule has 0 aromatic heterocycles. The summed E-state index contributed by atoms with van der Waals surface area (Å²) in [6.07, 6.45) is 53.5. The van der Waals surface area contributed by atoms with E-state index in [2.05, 4.69) is 154 Å². The van der Waals surface area contributed by atoms with E-state index in [4.69, 9.17) is 0 Å². The van der Waals surface area contributed by atoms with Crippen LogP contribution in [-0.4, -0.2) is 34.5 Å². The Hall–Kier alpha value is -0.500. The average molecular weight is 1130 g/mol. The van der Waals surface area contributed by atoms with Crippen molar-refractivity contribution >= 4 is 103 Å². The van der Waals surface area contributed by atoms with Crippen LogP contribution in [0.15, 0.2) is 78.4 Å². The number of hydrogen-bond acceptors (Lipinski definition) is 6. The first-order valence-electron chi connectivity index (χ1n) is 32.0. The third-order valence-corrected chi connectivity index (χ3v) is 22.4. The highest BCUT2D eigenvalue weighted by Crippen LogP contribution is 2.48. The minimum Gasteiger partial charge on any atom is -0.125 e. The number of hydrogen-bond donors (Lipinski definition) is 0. The van der Waals surface area contributed by atoms with Crippen molar-refractivity contribution in [2.45, 2.75) is 308 Å². The Morgan fingerprint density at radius 2 is 0.400 bits per heavy atom. The van der Waals surface area contributed by atoms with E-state index in [0.29, 0.717) is 0 Å². The first-order chi connectivity index (χ1) is 37.1. The summed E-state index contributed by atoms with van der Waals surface area (Å²) in [6.45, 7) is 15.6. The van der Waals surface area contributed by atoms with Gasteiger partial charge < -0.3 is 0 Å². The molecule has 0 spiro atoms. The molecule has 0 saturated carbocycles. The minimum absolute atomic E-state index is 1.17. The zero-order chi connectivity index (χ0) is 53.2. The van der Waals surface area contributed by atoms with E-state index >= 15 is 0 Å². The molecular formula is C69H112S6.